The van der Waals surface area contributed by atoms with E-state index in [0.29, 0.717) is 83.7 Å². The molecule has 0 aliphatic carbocycles. The van der Waals surface area contributed by atoms with E-state index < -0.39 is 72.1 Å². The summed E-state index contributed by atoms with van der Waals surface area (Å²) in [5, 5.41) is 8.52. The van der Waals surface area contributed by atoms with Crippen LogP contribution in [0.5, 0.6) is 5.88 Å². The summed E-state index contributed by atoms with van der Waals surface area (Å²) >= 11 is 0.924. The Bertz CT molecular complexity index is 2560. The second-order valence-electron chi connectivity index (χ2n) is 18.7. The highest BCUT2D eigenvalue weighted by Gasteiger charge is 2.36. The van der Waals surface area contributed by atoms with Gasteiger partial charge in [0.25, 0.3) is 23.6 Å². The highest BCUT2D eigenvalue weighted by Crippen LogP contribution is 2.36. The number of aromatic amines is 1. The minimum absolute atomic E-state index is 0.173. The number of morpholine rings is 1. The van der Waals surface area contributed by atoms with E-state index in [2.05, 4.69) is 48.4 Å². The molecule has 1 aromatic carbocycles. The number of nitrogens with zero attached hydrogens (tertiary/aromatic N) is 5. The quantitative estimate of drug-likeness (QED) is 0.0560. The molecule has 0 radical (unpaired) electrons. The molecule has 2 aliphatic heterocycles. The number of benzene rings is 1. The smallest absolute Gasteiger partial charge is 0.347 e. The van der Waals surface area contributed by atoms with E-state index in [4.69, 9.17) is 28.4 Å². The predicted molar refractivity (Wildman–Crippen MR) is 273 cm³/mol. The molecule has 24 heteroatoms. The van der Waals surface area contributed by atoms with Crippen LogP contribution in [0.15, 0.2) is 18.2 Å². The lowest BCUT2D eigenvalue weighted by molar-refractivity contribution is -0.180. The number of amides is 4. The minimum Gasteiger partial charge on any atom is -0.470 e. The van der Waals surface area contributed by atoms with E-state index in [0.717, 1.165) is 31.4 Å². The Morgan fingerprint density at radius 2 is 1.59 bits per heavy atom. The Kier molecular flexibility index (Phi) is 20.6. The van der Waals surface area contributed by atoms with E-state index in [1.165, 1.54) is 32.6 Å². The van der Waals surface area contributed by atoms with Crippen molar-refractivity contribution in [3.63, 3.8) is 0 Å². The Balaban J connectivity index is 1.16. The fourth-order valence-corrected chi connectivity index (χ4v) is 8.56. The highest BCUT2D eigenvalue weighted by atomic mass is 32.1. The van der Waals surface area contributed by atoms with Crippen molar-refractivity contribution in [2.45, 2.75) is 119 Å². The molecule has 4 atom stereocenters. The van der Waals surface area contributed by atoms with Crippen LogP contribution in [0.2, 0.25) is 0 Å². The molecule has 74 heavy (non-hydrogen) atoms. The maximum absolute atomic E-state index is 13.6. The fourth-order valence-electron chi connectivity index (χ4n) is 8.04. The third kappa shape index (κ3) is 15.8. The number of carbonyl (C=O) groups is 8. The molecule has 4 N–H and O–H groups in total. The summed E-state index contributed by atoms with van der Waals surface area (Å²) in [5.74, 6) is -4.72. The van der Waals surface area contributed by atoms with Crippen LogP contribution < -0.4 is 25.6 Å². The third-order valence-corrected chi connectivity index (χ3v) is 12.6. The molecule has 404 valence electrons. The lowest BCUT2D eigenvalue weighted by Crippen LogP contribution is -2.54. The second-order valence-corrected chi connectivity index (χ2v) is 19.2. The molecule has 5 rings (SSSR count). The SMILES string of the molecule is CCN(CC)CCNC(=O)c1c(C)[nH]c(/C=C2\C(=O)Nc3ccc(NC(=O)CCC(=O)OC(C)C(=O)OC(C)C(=O)O[C@H](COc4nsnc4N4CCOCC4)CN(C(=O)C(C)OC(C)=O)C(C)(C)C)cc32)c1C. The Labute approximate surface area is 434 Å². The highest BCUT2D eigenvalue weighted by molar-refractivity contribution is 6.99. The lowest BCUT2D eigenvalue weighted by atomic mass is 10.0. The number of aromatic nitrogens is 3. The number of H-pyrrole nitrogens is 1. The van der Waals surface area contributed by atoms with Gasteiger partial charge in [-0.05, 0) is 98.3 Å². The van der Waals surface area contributed by atoms with Crippen LogP contribution in [0.1, 0.15) is 108 Å². The van der Waals surface area contributed by atoms with Gasteiger partial charge in [0.05, 0.1) is 49.0 Å². The predicted octanol–water partition coefficient (Wildman–Crippen LogP) is 4.04. The van der Waals surface area contributed by atoms with Crippen LogP contribution in [0.25, 0.3) is 11.6 Å². The van der Waals surface area contributed by atoms with Crippen molar-refractivity contribution in [2.75, 3.05) is 81.2 Å². The molecule has 1 fully saturated rings. The van der Waals surface area contributed by atoms with Gasteiger partial charge in [-0.25, -0.2) is 9.59 Å². The van der Waals surface area contributed by atoms with Gasteiger partial charge in [0.2, 0.25) is 11.7 Å². The summed E-state index contributed by atoms with van der Waals surface area (Å²) in [7, 11) is 0. The van der Waals surface area contributed by atoms with Crippen molar-refractivity contribution >= 4 is 88.1 Å². The van der Waals surface area contributed by atoms with Crippen molar-refractivity contribution in [3.05, 3.63) is 46.3 Å². The fraction of sp³-hybridized carbons (Fsp3) is 0.560. The van der Waals surface area contributed by atoms with Gasteiger partial charge < -0.3 is 64.1 Å². The van der Waals surface area contributed by atoms with Gasteiger partial charge in [0, 0.05) is 73.4 Å². The van der Waals surface area contributed by atoms with Gasteiger partial charge in [-0.2, -0.15) is 4.37 Å². The zero-order chi connectivity index (χ0) is 54.4. The average molecular weight is 1050 g/mol. The molecule has 23 nitrogen and oxygen atoms in total. The normalized spacial score (nSPS) is 15.5. The molecule has 2 aromatic heterocycles. The zero-order valence-electron chi connectivity index (χ0n) is 44.0. The molecule has 0 bridgehead atoms. The standard InChI is InChI=1S/C50H69N9O14S/c1-12-57(13-2)19-18-51-45(64)42-28(3)39(52-29(42)4)25-37-36-24-34(14-15-38(36)54-44(37)63)53-40(61)16-17-41(62)71-31(6)48(66)72-32(7)49(67)73-35(26-59(50(9,10)11)47(65)30(5)70-33(8)60)27-69-46-43(55-74-56-46)58-20-22-68-23-21-58/h14-15,24-25,30-32,35,52H,12-13,16-23,26-27H2,1-11H3,(H,51,64)(H,53,61)(H,54,63)/b37-25-/t30?,31?,32?,35-/m0/s1. The van der Waals surface area contributed by atoms with Crippen LogP contribution in [0.3, 0.4) is 0 Å². The van der Waals surface area contributed by atoms with Crippen molar-refractivity contribution in [1.82, 2.24) is 28.8 Å². The average Bonchev–Trinajstić information content (AvgIpc) is 4.03. The first kappa shape index (κ1) is 58.0. The molecular weight excluding hydrogens is 983 g/mol. The van der Waals surface area contributed by atoms with E-state index in [1.54, 1.807) is 58.9 Å². The van der Waals surface area contributed by atoms with Crippen molar-refractivity contribution in [1.29, 1.82) is 0 Å². The van der Waals surface area contributed by atoms with Crippen LogP contribution in [0.4, 0.5) is 17.2 Å². The third-order valence-electron chi connectivity index (χ3n) is 12.1. The van der Waals surface area contributed by atoms with Gasteiger partial charge in [0.1, 0.15) is 6.61 Å². The summed E-state index contributed by atoms with van der Waals surface area (Å²) < 4.78 is 41.6. The van der Waals surface area contributed by atoms with Crippen LogP contribution in [0, 0.1) is 13.8 Å². The first-order chi connectivity index (χ1) is 35.0. The van der Waals surface area contributed by atoms with Gasteiger partial charge >= 0.3 is 23.9 Å². The monoisotopic (exact) mass is 1050 g/mol. The van der Waals surface area contributed by atoms with E-state index >= 15 is 0 Å². The minimum atomic E-state index is -1.53. The number of carbonyl (C=O) groups excluding carboxylic acids is 8. The lowest BCUT2D eigenvalue weighted by Gasteiger charge is -2.39. The van der Waals surface area contributed by atoms with Gasteiger partial charge in [0.15, 0.2) is 24.4 Å². The molecule has 4 heterocycles. The van der Waals surface area contributed by atoms with Crippen LogP contribution >= 0.6 is 11.7 Å². The summed E-state index contributed by atoms with van der Waals surface area (Å²) in [6, 6.07) is 4.85. The molecule has 2 aliphatic rings. The van der Waals surface area contributed by atoms with Gasteiger partial charge in [-0.1, -0.05) is 13.8 Å². The first-order valence-electron chi connectivity index (χ1n) is 24.5. The van der Waals surface area contributed by atoms with Crippen LogP contribution in [-0.4, -0.2) is 167 Å². The molecule has 0 spiro atoms. The Hall–Kier alpha value is -6.92. The number of nitrogens with one attached hydrogen (secondary N) is 4. The summed E-state index contributed by atoms with van der Waals surface area (Å²) in [6.45, 7) is 22.5. The molecular formula is C50H69N9O14S. The Morgan fingerprint density at radius 3 is 2.26 bits per heavy atom. The van der Waals surface area contributed by atoms with E-state index in [-0.39, 0.29) is 37.3 Å². The molecule has 3 aromatic rings. The number of anilines is 3. The maximum Gasteiger partial charge on any atom is 0.347 e. The molecule has 3 unspecified atom stereocenters. The van der Waals surface area contributed by atoms with Crippen molar-refractivity contribution in [3.8, 4) is 5.88 Å². The number of likely N-dealkylation sites (N-methyl/N-ethyl adjacent to an activating group) is 1. The summed E-state index contributed by atoms with van der Waals surface area (Å²) in [6.07, 6.45) is -4.45. The van der Waals surface area contributed by atoms with E-state index in [9.17, 15) is 38.4 Å². The maximum atomic E-state index is 13.6. The topological polar surface area (TPSA) is 279 Å². The first-order valence-corrected chi connectivity index (χ1v) is 25.3. The molecule has 1 saturated heterocycles. The number of hydrogen-bond acceptors (Lipinski definition) is 19. The number of fused-ring (bicyclic) bond motifs is 1. The summed E-state index contributed by atoms with van der Waals surface area (Å²) in [4.78, 5) is 113. The number of esters is 4. The van der Waals surface area contributed by atoms with Crippen molar-refractivity contribution < 1.29 is 66.8 Å². The number of aryl methyl sites for hydroxylation is 1. The molecule has 4 amide bonds. The second kappa shape index (κ2) is 26.3. The largest absolute Gasteiger partial charge is 0.470 e. The number of rotatable bonds is 24. The number of ether oxygens (including phenoxy) is 6. The summed E-state index contributed by atoms with van der Waals surface area (Å²) in [5.41, 5.74) is 3.22. The van der Waals surface area contributed by atoms with E-state index in [1.807, 2.05) is 4.90 Å². The Morgan fingerprint density at radius 1 is 0.919 bits per heavy atom. The van der Waals surface area contributed by atoms with Crippen LogP contribution in [-0.2, 0) is 57.2 Å². The van der Waals surface area contributed by atoms with Gasteiger partial charge in [-0.15, -0.1) is 4.37 Å². The zero-order valence-corrected chi connectivity index (χ0v) is 44.8. The molecule has 0 saturated carbocycles. The van der Waals surface area contributed by atoms with Crippen molar-refractivity contribution in [2.24, 2.45) is 0 Å². The van der Waals surface area contributed by atoms with Gasteiger partial charge in [-0.3, -0.25) is 28.8 Å². The number of hydrogen-bond donors (Lipinski definition) is 4.